The van der Waals surface area contributed by atoms with Crippen LogP contribution in [0.15, 0.2) is 30.3 Å². The lowest BCUT2D eigenvalue weighted by atomic mass is 10.0. The maximum absolute atomic E-state index is 12.2. The molecular weight excluding hydrogens is 288 g/mol. The zero-order valence-corrected chi connectivity index (χ0v) is 12.8. The van der Waals surface area contributed by atoms with E-state index in [4.69, 9.17) is 11.6 Å². The molecule has 0 saturated carbocycles. The number of likely N-dealkylation sites (tertiary alicyclic amines) is 1. The van der Waals surface area contributed by atoms with Gasteiger partial charge in [-0.05, 0) is 24.8 Å². The molecule has 1 aromatic rings. The summed E-state index contributed by atoms with van der Waals surface area (Å²) < 4.78 is 0. The Hall–Kier alpha value is -1.55. The molecule has 0 radical (unpaired) electrons. The molecule has 1 aliphatic rings. The molecule has 5 heteroatoms. The Balaban J connectivity index is 1.72. The minimum atomic E-state index is -0.134. The van der Waals surface area contributed by atoms with Crippen molar-refractivity contribution < 1.29 is 9.59 Å². The van der Waals surface area contributed by atoms with E-state index in [0.29, 0.717) is 19.5 Å². The maximum Gasteiger partial charge on any atom is 0.235 e. The van der Waals surface area contributed by atoms with Crippen molar-refractivity contribution in [2.45, 2.75) is 31.7 Å². The van der Waals surface area contributed by atoms with Gasteiger partial charge in [0.15, 0.2) is 0 Å². The van der Waals surface area contributed by atoms with Crippen LogP contribution in [-0.2, 0) is 16.0 Å². The number of carbonyl (C=O) groups is 2. The second-order valence-corrected chi connectivity index (χ2v) is 5.61. The van der Waals surface area contributed by atoms with Crippen LogP contribution in [0.2, 0.25) is 0 Å². The van der Waals surface area contributed by atoms with Gasteiger partial charge in [0, 0.05) is 25.6 Å². The minimum absolute atomic E-state index is 0.00375. The van der Waals surface area contributed by atoms with Crippen LogP contribution in [0.1, 0.15) is 24.8 Å². The summed E-state index contributed by atoms with van der Waals surface area (Å²) in [6.45, 7) is 1.42. The highest BCUT2D eigenvalue weighted by Crippen LogP contribution is 2.13. The molecule has 114 valence electrons. The summed E-state index contributed by atoms with van der Waals surface area (Å²) in [5, 5.41) is 2.88. The summed E-state index contributed by atoms with van der Waals surface area (Å²) in [4.78, 5) is 25.3. The predicted molar refractivity (Wildman–Crippen MR) is 83.2 cm³/mol. The lowest BCUT2D eigenvalue weighted by Crippen LogP contribution is -2.46. The highest BCUT2D eigenvalue weighted by molar-refractivity contribution is 6.27. The first-order valence-corrected chi connectivity index (χ1v) is 7.89. The van der Waals surface area contributed by atoms with Crippen molar-refractivity contribution in [3.05, 3.63) is 35.9 Å². The zero-order chi connectivity index (χ0) is 15.1. The third-order valence-corrected chi connectivity index (χ3v) is 4.05. The third-order valence-electron chi connectivity index (χ3n) is 3.80. The van der Waals surface area contributed by atoms with Crippen molar-refractivity contribution in [3.63, 3.8) is 0 Å². The molecule has 1 heterocycles. The molecule has 1 saturated heterocycles. The van der Waals surface area contributed by atoms with Gasteiger partial charge in [-0.2, -0.15) is 0 Å². The standard InChI is InChI=1S/C16H21ClN2O2/c17-12-15(20)18-14-8-10-19(11-9-14)16(21)7-6-13-4-2-1-3-5-13/h1-5,14H,6-12H2,(H,18,20). The van der Waals surface area contributed by atoms with Gasteiger partial charge >= 0.3 is 0 Å². The van der Waals surface area contributed by atoms with E-state index in [2.05, 4.69) is 5.32 Å². The largest absolute Gasteiger partial charge is 0.352 e. The SMILES string of the molecule is O=C(CCl)NC1CCN(C(=O)CCc2ccccc2)CC1. The quantitative estimate of drug-likeness (QED) is 0.846. The highest BCUT2D eigenvalue weighted by atomic mass is 35.5. The molecule has 1 N–H and O–H groups in total. The normalized spacial score (nSPS) is 15.8. The van der Waals surface area contributed by atoms with Gasteiger partial charge < -0.3 is 10.2 Å². The Kier molecular flexibility index (Phi) is 6.05. The monoisotopic (exact) mass is 308 g/mol. The van der Waals surface area contributed by atoms with Crippen molar-refractivity contribution in [2.24, 2.45) is 0 Å². The number of halogens is 1. The number of piperidine rings is 1. The van der Waals surface area contributed by atoms with Crippen molar-refractivity contribution in [1.29, 1.82) is 0 Å². The second-order valence-electron chi connectivity index (χ2n) is 5.34. The number of hydrogen-bond acceptors (Lipinski definition) is 2. The fourth-order valence-corrected chi connectivity index (χ4v) is 2.67. The van der Waals surface area contributed by atoms with Crippen LogP contribution in [0.3, 0.4) is 0 Å². The van der Waals surface area contributed by atoms with E-state index in [1.807, 2.05) is 35.2 Å². The van der Waals surface area contributed by atoms with Crippen LogP contribution < -0.4 is 5.32 Å². The first kappa shape index (κ1) is 15.8. The fourth-order valence-electron chi connectivity index (χ4n) is 2.59. The molecule has 1 fully saturated rings. The number of rotatable bonds is 5. The number of alkyl halides is 1. The van der Waals surface area contributed by atoms with Gasteiger partial charge in [0.2, 0.25) is 11.8 Å². The first-order chi connectivity index (χ1) is 10.2. The molecule has 1 aliphatic heterocycles. The van der Waals surface area contributed by atoms with Crippen LogP contribution in [0.25, 0.3) is 0 Å². The number of aryl methyl sites for hydroxylation is 1. The van der Waals surface area contributed by atoms with E-state index in [1.165, 1.54) is 5.56 Å². The van der Waals surface area contributed by atoms with Crippen molar-refractivity contribution in [2.75, 3.05) is 19.0 Å². The third kappa shape index (κ3) is 5.05. The summed E-state index contributed by atoms with van der Waals surface area (Å²) in [5.74, 6) is 0.0578. The van der Waals surface area contributed by atoms with E-state index >= 15 is 0 Å². The van der Waals surface area contributed by atoms with E-state index in [9.17, 15) is 9.59 Å². The molecule has 2 amide bonds. The summed E-state index contributed by atoms with van der Waals surface area (Å²) >= 11 is 5.47. The number of hydrogen-bond donors (Lipinski definition) is 1. The minimum Gasteiger partial charge on any atom is -0.352 e. The molecule has 4 nitrogen and oxygen atoms in total. The number of amides is 2. The van der Waals surface area contributed by atoms with Crippen molar-refractivity contribution in [1.82, 2.24) is 10.2 Å². The smallest absolute Gasteiger partial charge is 0.235 e. The Morgan fingerprint density at radius 1 is 1.19 bits per heavy atom. The average molecular weight is 309 g/mol. The molecule has 0 spiro atoms. The Morgan fingerprint density at radius 3 is 2.48 bits per heavy atom. The maximum atomic E-state index is 12.2. The number of nitrogens with zero attached hydrogens (tertiary/aromatic N) is 1. The van der Waals surface area contributed by atoms with E-state index in [-0.39, 0.29) is 23.7 Å². The topological polar surface area (TPSA) is 49.4 Å². The molecule has 0 bridgehead atoms. The summed E-state index contributed by atoms with van der Waals surface area (Å²) in [5.41, 5.74) is 1.19. The van der Waals surface area contributed by atoms with Gasteiger partial charge in [0.05, 0.1) is 0 Å². The van der Waals surface area contributed by atoms with Crippen LogP contribution in [0.4, 0.5) is 0 Å². The van der Waals surface area contributed by atoms with E-state index in [0.717, 1.165) is 19.3 Å². The first-order valence-electron chi connectivity index (χ1n) is 7.36. The summed E-state index contributed by atoms with van der Waals surface area (Å²) in [6.07, 6.45) is 2.94. The second kappa shape index (κ2) is 8.03. The fraction of sp³-hybridized carbons (Fsp3) is 0.500. The van der Waals surface area contributed by atoms with Gasteiger partial charge in [-0.3, -0.25) is 9.59 Å². The summed E-state index contributed by atoms with van der Waals surface area (Å²) in [7, 11) is 0. The van der Waals surface area contributed by atoms with Gasteiger partial charge in [-0.25, -0.2) is 0 Å². The van der Waals surface area contributed by atoms with Gasteiger partial charge in [-0.15, -0.1) is 11.6 Å². The van der Waals surface area contributed by atoms with Crippen LogP contribution in [-0.4, -0.2) is 41.7 Å². The lowest BCUT2D eigenvalue weighted by molar-refractivity contribution is -0.132. The molecule has 0 atom stereocenters. The van der Waals surface area contributed by atoms with Crippen LogP contribution in [0, 0.1) is 0 Å². The molecule has 1 aromatic carbocycles. The highest BCUT2D eigenvalue weighted by Gasteiger charge is 2.23. The zero-order valence-electron chi connectivity index (χ0n) is 12.1. The Labute approximate surface area is 130 Å². The number of carbonyl (C=O) groups excluding carboxylic acids is 2. The molecule has 0 aromatic heterocycles. The number of benzene rings is 1. The van der Waals surface area contributed by atoms with E-state index < -0.39 is 0 Å². The molecular formula is C16H21ClN2O2. The average Bonchev–Trinajstić information content (AvgIpc) is 2.54. The van der Waals surface area contributed by atoms with Gasteiger partial charge in [0.25, 0.3) is 0 Å². The molecule has 2 rings (SSSR count). The molecule has 0 unspecified atom stereocenters. The van der Waals surface area contributed by atoms with Gasteiger partial charge in [0.1, 0.15) is 5.88 Å². The molecule has 0 aliphatic carbocycles. The Morgan fingerprint density at radius 2 is 1.86 bits per heavy atom. The van der Waals surface area contributed by atoms with Crippen LogP contribution >= 0.6 is 11.6 Å². The predicted octanol–water partition coefficient (Wildman–Crippen LogP) is 1.97. The van der Waals surface area contributed by atoms with E-state index in [1.54, 1.807) is 0 Å². The molecule has 21 heavy (non-hydrogen) atoms. The number of nitrogens with one attached hydrogen (secondary N) is 1. The van der Waals surface area contributed by atoms with Crippen LogP contribution in [0.5, 0.6) is 0 Å². The van der Waals surface area contributed by atoms with Crippen molar-refractivity contribution >= 4 is 23.4 Å². The Bertz CT molecular complexity index is 470. The lowest BCUT2D eigenvalue weighted by Gasteiger charge is -2.32. The van der Waals surface area contributed by atoms with Gasteiger partial charge in [-0.1, -0.05) is 30.3 Å². The summed E-state index contributed by atoms with van der Waals surface area (Å²) in [6, 6.07) is 10.2. The van der Waals surface area contributed by atoms with Crippen molar-refractivity contribution in [3.8, 4) is 0 Å².